The Balaban J connectivity index is 1.61. The van der Waals surface area contributed by atoms with Gasteiger partial charge in [0.1, 0.15) is 11.9 Å². The van der Waals surface area contributed by atoms with Crippen molar-refractivity contribution in [2.24, 2.45) is 0 Å². The third-order valence-corrected chi connectivity index (χ3v) is 5.11. The highest BCUT2D eigenvalue weighted by atomic mass is 19.3. The van der Waals surface area contributed by atoms with E-state index in [9.17, 15) is 27.1 Å². The van der Waals surface area contributed by atoms with Gasteiger partial charge in [0.2, 0.25) is 11.9 Å². The fourth-order valence-electron chi connectivity index (χ4n) is 3.57. The van der Waals surface area contributed by atoms with E-state index in [1.165, 1.54) is 0 Å². The Morgan fingerprint density at radius 3 is 1.89 bits per heavy atom. The van der Waals surface area contributed by atoms with Crippen molar-refractivity contribution in [1.29, 1.82) is 0 Å². The van der Waals surface area contributed by atoms with Gasteiger partial charge in [0.25, 0.3) is 11.8 Å². The summed E-state index contributed by atoms with van der Waals surface area (Å²) < 4.78 is 74.6. The van der Waals surface area contributed by atoms with E-state index >= 15 is 0 Å². The molecule has 3 N–H and O–H groups in total. The van der Waals surface area contributed by atoms with Crippen molar-refractivity contribution in [2.75, 3.05) is 10.6 Å². The number of allylic oxidation sites excluding steroid dienone is 1. The number of rotatable bonds is 5. The summed E-state index contributed by atoms with van der Waals surface area (Å²) >= 11 is 0. The summed E-state index contributed by atoms with van der Waals surface area (Å²) in [6.45, 7) is 0. The maximum atomic E-state index is 14.6. The van der Waals surface area contributed by atoms with Gasteiger partial charge in [-0.3, -0.25) is 0 Å². The molecule has 2 fully saturated rings. The van der Waals surface area contributed by atoms with Crippen LogP contribution in [0.2, 0.25) is 0 Å². The van der Waals surface area contributed by atoms with Crippen molar-refractivity contribution in [3.8, 4) is 0 Å². The molecular formula is C17H20F5N5O. The Morgan fingerprint density at radius 1 is 0.929 bits per heavy atom. The molecule has 0 bridgehead atoms. The molecule has 4 rings (SSSR count). The van der Waals surface area contributed by atoms with Gasteiger partial charge >= 0.3 is 0 Å². The van der Waals surface area contributed by atoms with Crippen molar-refractivity contribution in [1.82, 2.24) is 15.0 Å². The first-order valence-electron chi connectivity index (χ1n) is 9.59. The Labute approximate surface area is 159 Å². The van der Waals surface area contributed by atoms with Crippen LogP contribution in [-0.2, 0) is 0 Å². The van der Waals surface area contributed by atoms with E-state index in [1.807, 2.05) is 0 Å². The van der Waals surface area contributed by atoms with Gasteiger partial charge in [-0.1, -0.05) is 0 Å². The monoisotopic (exact) mass is 406 g/mol. The number of anilines is 2. The van der Waals surface area contributed by atoms with Crippen molar-refractivity contribution >= 4 is 17.5 Å². The van der Waals surface area contributed by atoms with E-state index in [0.717, 1.165) is 0 Å². The first-order valence-corrected chi connectivity index (χ1v) is 9.09. The molecule has 0 aliphatic heterocycles. The molecule has 3 aliphatic carbocycles. The normalized spacial score (nSPS) is 30.3. The van der Waals surface area contributed by atoms with Crippen molar-refractivity contribution < 1.29 is 28.4 Å². The van der Waals surface area contributed by atoms with Gasteiger partial charge in [0.05, 0.1) is 1.37 Å². The lowest BCUT2D eigenvalue weighted by molar-refractivity contribution is -0.0799. The number of alkyl halides is 4. The van der Waals surface area contributed by atoms with Crippen molar-refractivity contribution in [3.63, 3.8) is 0 Å². The zero-order valence-corrected chi connectivity index (χ0v) is 14.8. The van der Waals surface area contributed by atoms with Crippen LogP contribution in [0.25, 0.3) is 5.57 Å². The van der Waals surface area contributed by atoms with Gasteiger partial charge in [0.15, 0.2) is 5.82 Å². The fraction of sp³-hybridized carbons (Fsp3) is 0.706. The number of nitrogens with zero attached hydrogens (tertiary/aromatic N) is 3. The average molecular weight is 406 g/mol. The third-order valence-electron chi connectivity index (χ3n) is 5.11. The van der Waals surface area contributed by atoms with Crippen LogP contribution in [-0.4, -0.2) is 50.1 Å². The minimum Gasteiger partial charge on any atom is -0.386 e. The van der Waals surface area contributed by atoms with Gasteiger partial charge < -0.3 is 15.7 Å². The highest BCUT2D eigenvalue weighted by Crippen LogP contribution is 2.40. The predicted octanol–water partition coefficient (Wildman–Crippen LogP) is 3.52. The summed E-state index contributed by atoms with van der Waals surface area (Å²) in [5, 5.41) is 15.3. The maximum Gasteiger partial charge on any atom is 0.252 e. The van der Waals surface area contributed by atoms with E-state index in [1.54, 1.807) is 0 Å². The molecule has 0 radical (unpaired) electrons. The molecule has 0 amide bonds. The summed E-state index contributed by atoms with van der Waals surface area (Å²) in [6, 6.07) is -1.17. The van der Waals surface area contributed by atoms with Gasteiger partial charge in [-0.05, 0) is 19.3 Å². The average Bonchev–Trinajstić information content (AvgIpc) is 2.54. The molecule has 0 spiro atoms. The highest BCUT2D eigenvalue weighted by Gasteiger charge is 2.46. The van der Waals surface area contributed by atoms with Crippen LogP contribution < -0.4 is 10.6 Å². The molecular weight excluding hydrogens is 385 g/mol. The molecule has 1 aromatic heterocycles. The van der Waals surface area contributed by atoms with Gasteiger partial charge in [-0.2, -0.15) is 15.0 Å². The molecule has 1 aromatic rings. The summed E-state index contributed by atoms with van der Waals surface area (Å²) in [5.41, 5.74) is -0.0832. The summed E-state index contributed by atoms with van der Waals surface area (Å²) in [6.07, 6.45) is -3.62. The molecule has 2 saturated carbocycles. The number of aromatic nitrogens is 3. The fourth-order valence-corrected chi connectivity index (χ4v) is 3.57. The zero-order chi connectivity index (χ0) is 21.0. The first-order chi connectivity index (χ1) is 13.4. The molecule has 0 saturated heterocycles. The summed E-state index contributed by atoms with van der Waals surface area (Å²) in [7, 11) is 0. The molecule has 3 aliphatic rings. The molecule has 28 heavy (non-hydrogen) atoms. The standard InChI is InChI=1S/C17H20F5N5O/c18-12-10(2-1-3-11(12)28)13-25-14(23-8-4-16(19,20)5-8)27-15(26-13)24-9-6-17(21,22)7-9/h8-9,11,28H,1-7H2,(H2,23,24,25,26,27)/t11-/m0/s1/i11D. The quantitative estimate of drug-likeness (QED) is 0.649. The topological polar surface area (TPSA) is 83.0 Å². The number of hydrogen-bond donors (Lipinski definition) is 3. The zero-order valence-electron chi connectivity index (χ0n) is 15.8. The SMILES string of the molecule is [2H][C@]1(O)CCCC(c2nc(NC3CC(F)(F)C3)nc(NC3CC(F)(F)C3)n2)=C1F. The number of hydrogen-bond acceptors (Lipinski definition) is 6. The Bertz CT molecular complexity index is 789. The molecule has 1 heterocycles. The van der Waals surface area contributed by atoms with Gasteiger partial charge in [-0.15, -0.1) is 0 Å². The third kappa shape index (κ3) is 4.03. The van der Waals surface area contributed by atoms with Crippen LogP contribution in [0.5, 0.6) is 0 Å². The van der Waals surface area contributed by atoms with E-state index < -0.39 is 61.5 Å². The molecule has 11 heteroatoms. The van der Waals surface area contributed by atoms with E-state index in [2.05, 4.69) is 25.6 Å². The Kier molecular flexibility index (Phi) is 4.37. The van der Waals surface area contributed by atoms with Gasteiger partial charge in [-0.25, -0.2) is 22.0 Å². The lowest BCUT2D eigenvalue weighted by Crippen LogP contribution is -2.45. The molecule has 1 atom stereocenters. The smallest absolute Gasteiger partial charge is 0.252 e. The van der Waals surface area contributed by atoms with Crippen LogP contribution in [0.4, 0.5) is 33.8 Å². The molecule has 154 valence electrons. The minimum absolute atomic E-state index is 0.0832. The first kappa shape index (κ1) is 18.0. The lowest BCUT2D eigenvalue weighted by atomic mass is 9.88. The minimum atomic E-state index is -2.77. The lowest BCUT2D eigenvalue weighted by Gasteiger charge is -2.36. The summed E-state index contributed by atoms with van der Waals surface area (Å²) in [4.78, 5) is 12.2. The largest absolute Gasteiger partial charge is 0.386 e. The van der Waals surface area contributed by atoms with E-state index in [0.29, 0.717) is 6.42 Å². The molecule has 0 unspecified atom stereocenters. The number of nitrogens with one attached hydrogen (secondary N) is 2. The highest BCUT2D eigenvalue weighted by molar-refractivity contribution is 5.65. The molecule has 0 aromatic carbocycles. The van der Waals surface area contributed by atoms with Crippen molar-refractivity contribution in [3.05, 3.63) is 11.7 Å². The van der Waals surface area contributed by atoms with Gasteiger partial charge in [0, 0.05) is 43.3 Å². The van der Waals surface area contributed by atoms with E-state index in [-0.39, 0.29) is 36.1 Å². The predicted molar refractivity (Wildman–Crippen MR) is 90.9 cm³/mol. The maximum absolute atomic E-state index is 14.6. The summed E-state index contributed by atoms with van der Waals surface area (Å²) in [5.74, 6) is -6.98. The second kappa shape index (κ2) is 6.78. The van der Waals surface area contributed by atoms with Crippen LogP contribution in [0.3, 0.4) is 0 Å². The van der Waals surface area contributed by atoms with Crippen molar-refractivity contribution in [2.45, 2.75) is 75.0 Å². The Hall–Kier alpha value is -2.04. The molecule has 6 nitrogen and oxygen atoms in total. The van der Waals surface area contributed by atoms with Crippen LogP contribution >= 0.6 is 0 Å². The van der Waals surface area contributed by atoms with Crippen LogP contribution in [0, 0.1) is 0 Å². The number of aliphatic hydroxyl groups is 1. The number of halogens is 5. The van der Waals surface area contributed by atoms with E-state index in [4.69, 9.17) is 1.37 Å². The Morgan fingerprint density at radius 2 is 1.43 bits per heavy atom. The second-order valence-corrected chi connectivity index (χ2v) is 7.61. The second-order valence-electron chi connectivity index (χ2n) is 7.61. The van der Waals surface area contributed by atoms with Crippen LogP contribution in [0.1, 0.15) is 52.1 Å². The van der Waals surface area contributed by atoms with Crippen LogP contribution in [0.15, 0.2) is 5.83 Å².